The van der Waals surface area contributed by atoms with E-state index in [1.807, 2.05) is 13.0 Å². The minimum absolute atomic E-state index is 0.300. The molecule has 1 N–H and O–H groups in total. The number of halogens is 2. The highest BCUT2D eigenvalue weighted by Crippen LogP contribution is 2.26. The SMILES string of the molecule is CCNCc1cc(COc2ccc(F)cc2Br)oc1C. The Labute approximate surface area is 126 Å². The molecule has 0 bridgehead atoms. The molecule has 0 spiro atoms. The molecule has 1 heterocycles. The second-order valence-corrected chi connectivity index (χ2v) is 5.29. The van der Waals surface area contributed by atoms with Crippen LogP contribution in [0.5, 0.6) is 5.75 Å². The van der Waals surface area contributed by atoms with E-state index in [4.69, 9.17) is 9.15 Å². The van der Waals surface area contributed by atoms with E-state index >= 15 is 0 Å². The van der Waals surface area contributed by atoms with Gasteiger partial charge in [0.05, 0.1) is 4.47 Å². The summed E-state index contributed by atoms with van der Waals surface area (Å²) in [6.45, 7) is 6.01. The molecule has 0 fully saturated rings. The summed E-state index contributed by atoms with van der Waals surface area (Å²) >= 11 is 3.27. The number of hydrogen-bond acceptors (Lipinski definition) is 3. The van der Waals surface area contributed by atoms with Gasteiger partial charge < -0.3 is 14.5 Å². The van der Waals surface area contributed by atoms with E-state index in [2.05, 4.69) is 28.2 Å². The van der Waals surface area contributed by atoms with Crippen molar-refractivity contribution in [3.8, 4) is 5.75 Å². The standard InChI is InChI=1S/C15H17BrFNO2/c1-3-18-8-11-6-13(20-10(11)2)9-19-15-5-4-12(17)7-14(15)16/h4-7,18H,3,8-9H2,1-2H3. The Morgan fingerprint density at radius 2 is 2.15 bits per heavy atom. The lowest BCUT2D eigenvalue weighted by atomic mass is 10.2. The number of ether oxygens (including phenoxy) is 1. The first kappa shape index (κ1) is 15.1. The van der Waals surface area contributed by atoms with Gasteiger partial charge in [0.1, 0.15) is 29.7 Å². The highest BCUT2D eigenvalue weighted by Gasteiger charge is 2.09. The van der Waals surface area contributed by atoms with Crippen molar-refractivity contribution in [2.75, 3.05) is 6.54 Å². The van der Waals surface area contributed by atoms with Crippen LogP contribution in [0.2, 0.25) is 0 Å². The average Bonchev–Trinajstić information content (AvgIpc) is 2.76. The quantitative estimate of drug-likeness (QED) is 0.855. The summed E-state index contributed by atoms with van der Waals surface area (Å²) in [4.78, 5) is 0. The number of nitrogens with one attached hydrogen (secondary N) is 1. The fraction of sp³-hybridized carbons (Fsp3) is 0.333. The Bertz CT molecular complexity index is 583. The molecular formula is C15H17BrFNO2. The van der Waals surface area contributed by atoms with Crippen molar-refractivity contribution in [3.63, 3.8) is 0 Å². The van der Waals surface area contributed by atoms with E-state index in [1.54, 1.807) is 6.07 Å². The van der Waals surface area contributed by atoms with E-state index in [0.717, 1.165) is 30.2 Å². The molecule has 0 aliphatic carbocycles. The molecule has 108 valence electrons. The van der Waals surface area contributed by atoms with Crippen LogP contribution < -0.4 is 10.1 Å². The van der Waals surface area contributed by atoms with Crippen LogP contribution in [0.3, 0.4) is 0 Å². The predicted molar refractivity (Wildman–Crippen MR) is 79.3 cm³/mol. The molecule has 0 amide bonds. The molecule has 2 aromatic rings. The predicted octanol–water partition coefficient (Wildman–Crippen LogP) is 4.18. The second-order valence-electron chi connectivity index (χ2n) is 4.44. The third kappa shape index (κ3) is 3.84. The van der Waals surface area contributed by atoms with Gasteiger partial charge in [0.25, 0.3) is 0 Å². The number of furan rings is 1. The largest absolute Gasteiger partial charge is 0.484 e. The zero-order chi connectivity index (χ0) is 14.5. The zero-order valence-corrected chi connectivity index (χ0v) is 13.1. The van der Waals surface area contributed by atoms with E-state index in [-0.39, 0.29) is 5.82 Å². The molecule has 0 aliphatic rings. The summed E-state index contributed by atoms with van der Waals surface area (Å²) in [5.41, 5.74) is 1.13. The fourth-order valence-electron chi connectivity index (χ4n) is 1.84. The van der Waals surface area contributed by atoms with Gasteiger partial charge in [0.2, 0.25) is 0 Å². The van der Waals surface area contributed by atoms with Crippen LogP contribution in [0.1, 0.15) is 24.0 Å². The minimum Gasteiger partial charge on any atom is -0.484 e. The lowest BCUT2D eigenvalue weighted by molar-refractivity contribution is 0.265. The van der Waals surface area contributed by atoms with Crippen molar-refractivity contribution in [1.82, 2.24) is 5.32 Å². The third-order valence-electron chi connectivity index (χ3n) is 2.90. The van der Waals surface area contributed by atoms with Crippen LogP contribution >= 0.6 is 15.9 Å². The number of hydrogen-bond donors (Lipinski definition) is 1. The molecule has 3 nitrogen and oxygen atoms in total. The zero-order valence-electron chi connectivity index (χ0n) is 11.5. The third-order valence-corrected chi connectivity index (χ3v) is 3.52. The maximum absolute atomic E-state index is 13.0. The lowest BCUT2D eigenvalue weighted by Crippen LogP contribution is -2.11. The Morgan fingerprint density at radius 1 is 1.35 bits per heavy atom. The summed E-state index contributed by atoms with van der Waals surface area (Å²) in [5.74, 6) is 1.94. The normalized spacial score (nSPS) is 10.8. The average molecular weight is 342 g/mol. The Kier molecular flexibility index (Phi) is 5.20. The van der Waals surface area contributed by atoms with Crippen molar-refractivity contribution in [2.45, 2.75) is 27.0 Å². The Morgan fingerprint density at radius 3 is 2.85 bits per heavy atom. The summed E-state index contributed by atoms with van der Waals surface area (Å²) < 4.78 is 24.8. The van der Waals surface area contributed by atoms with Crippen LogP contribution in [0.4, 0.5) is 4.39 Å². The molecule has 0 aliphatic heterocycles. The summed E-state index contributed by atoms with van der Waals surface area (Å²) in [6.07, 6.45) is 0. The van der Waals surface area contributed by atoms with Crippen molar-refractivity contribution >= 4 is 15.9 Å². The van der Waals surface area contributed by atoms with Crippen molar-refractivity contribution in [1.29, 1.82) is 0 Å². The molecule has 0 radical (unpaired) electrons. The van der Waals surface area contributed by atoms with Gasteiger partial charge in [-0.2, -0.15) is 0 Å². The van der Waals surface area contributed by atoms with Crippen LogP contribution in [0, 0.1) is 12.7 Å². The van der Waals surface area contributed by atoms with Crippen molar-refractivity contribution in [3.05, 3.63) is 51.6 Å². The topological polar surface area (TPSA) is 34.4 Å². The summed E-state index contributed by atoms with van der Waals surface area (Å²) in [5, 5.41) is 3.26. The molecule has 0 saturated carbocycles. The fourth-order valence-corrected chi connectivity index (χ4v) is 2.30. The first-order valence-electron chi connectivity index (χ1n) is 6.47. The molecule has 1 aromatic carbocycles. The molecule has 0 unspecified atom stereocenters. The van der Waals surface area contributed by atoms with Crippen molar-refractivity contribution < 1.29 is 13.5 Å². The maximum atomic E-state index is 13.0. The van der Waals surface area contributed by atoms with Crippen molar-refractivity contribution in [2.24, 2.45) is 0 Å². The van der Waals surface area contributed by atoms with Gasteiger partial charge in [0.15, 0.2) is 0 Å². The summed E-state index contributed by atoms with van der Waals surface area (Å²) in [7, 11) is 0. The van der Waals surface area contributed by atoms with Gasteiger partial charge in [-0.1, -0.05) is 6.92 Å². The molecule has 1 aromatic heterocycles. The van der Waals surface area contributed by atoms with Crippen LogP contribution in [-0.4, -0.2) is 6.54 Å². The van der Waals surface area contributed by atoms with Crippen LogP contribution in [-0.2, 0) is 13.2 Å². The monoisotopic (exact) mass is 341 g/mol. The van der Waals surface area contributed by atoms with E-state index in [1.165, 1.54) is 12.1 Å². The van der Waals surface area contributed by atoms with Gasteiger partial charge in [-0.05, 0) is 53.7 Å². The minimum atomic E-state index is -0.300. The van der Waals surface area contributed by atoms with Gasteiger partial charge in [-0.15, -0.1) is 0 Å². The highest BCUT2D eigenvalue weighted by molar-refractivity contribution is 9.10. The smallest absolute Gasteiger partial charge is 0.146 e. The first-order valence-corrected chi connectivity index (χ1v) is 7.26. The van der Waals surface area contributed by atoms with Gasteiger partial charge in [-0.3, -0.25) is 0 Å². The van der Waals surface area contributed by atoms with Crippen LogP contribution in [0.15, 0.2) is 33.2 Å². The van der Waals surface area contributed by atoms with Crippen LogP contribution in [0.25, 0.3) is 0 Å². The van der Waals surface area contributed by atoms with E-state index < -0.39 is 0 Å². The van der Waals surface area contributed by atoms with Gasteiger partial charge in [-0.25, -0.2) is 4.39 Å². The van der Waals surface area contributed by atoms with E-state index in [0.29, 0.717) is 16.8 Å². The molecule has 0 saturated heterocycles. The lowest BCUT2D eigenvalue weighted by Gasteiger charge is -2.06. The summed E-state index contributed by atoms with van der Waals surface area (Å²) in [6, 6.07) is 6.31. The number of aryl methyl sites for hydroxylation is 1. The highest BCUT2D eigenvalue weighted by atomic mass is 79.9. The Balaban J connectivity index is 2.00. The molecule has 0 atom stereocenters. The number of benzene rings is 1. The second kappa shape index (κ2) is 6.90. The maximum Gasteiger partial charge on any atom is 0.146 e. The van der Waals surface area contributed by atoms with E-state index in [9.17, 15) is 4.39 Å². The van der Waals surface area contributed by atoms with Gasteiger partial charge >= 0.3 is 0 Å². The molecule has 20 heavy (non-hydrogen) atoms. The molecule has 2 rings (SSSR count). The molecule has 5 heteroatoms. The first-order chi connectivity index (χ1) is 9.60. The Hall–Kier alpha value is -1.33. The molecular weight excluding hydrogens is 325 g/mol. The number of rotatable bonds is 6. The van der Waals surface area contributed by atoms with Gasteiger partial charge in [0, 0.05) is 12.1 Å².